The molecule has 0 aliphatic heterocycles. The molecular formula is C23H35N5O4. The second-order valence-electron chi connectivity index (χ2n) is 8.18. The van der Waals surface area contributed by atoms with Crippen LogP contribution in [-0.2, 0) is 32.5 Å². The van der Waals surface area contributed by atoms with Crippen molar-refractivity contribution in [2.24, 2.45) is 7.05 Å². The smallest absolute Gasteiger partial charge is 0.225 e. The second kappa shape index (κ2) is 12.6. The van der Waals surface area contributed by atoms with E-state index in [4.69, 9.17) is 14.2 Å². The molecule has 1 saturated carbocycles. The fourth-order valence-corrected chi connectivity index (χ4v) is 4.19. The Morgan fingerprint density at radius 1 is 1.19 bits per heavy atom. The summed E-state index contributed by atoms with van der Waals surface area (Å²) in [6.07, 6.45) is 6.38. The maximum Gasteiger partial charge on any atom is 0.225 e. The van der Waals surface area contributed by atoms with Crippen LogP contribution in [0.2, 0.25) is 0 Å². The van der Waals surface area contributed by atoms with Gasteiger partial charge in [0, 0.05) is 32.9 Å². The first-order valence-corrected chi connectivity index (χ1v) is 11.4. The minimum atomic E-state index is -0.404. The number of hydrogen-bond acceptors (Lipinski definition) is 7. The van der Waals surface area contributed by atoms with Gasteiger partial charge in [-0.1, -0.05) is 37.5 Å². The summed E-state index contributed by atoms with van der Waals surface area (Å²) in [7, 11) is 5.04. The van der Waals surface area contributed by atoms with Crippen molar-refractivity contribution >= 4 is 5.91 Å². The minimum Gasteiger partial charge on any atom is -0.381 e. The Balaban J connectivity index is 1.46. The zero-order valence-corrected chi connectivity index (χ0v) is 19.4. The number of aryl methyl sites for hydroxylation is 1. The summed E-state index contributed by atoms with van der Waals surface area (Å²) in [6, 6.07) is 8.37. The molecule has 0 bridgehead atoms. The largest absolute Gasteiger partial charge is 0.381 e. The van der Waals surface area contributed by atoms with Gasteiger partial charge in [0.1, 0.15) is 0 Å². The third-order valence-corrected chi connectivity index (χ3v) is 6.01. The number of rotatable bonds is 12. The number of amides is 1. The molecule has 0 N–H and O–H groups in total. The number of benzene rings is 1. The Bertz CT molecular complexity index is 833. The molecule has 2 aromatic rings. The van der Waals surface area contributed by atoms with Gasteiger partial charge in [0.05, 0.1) is 26.2 Å². The van der Waals surface area contributed by atoms with Crippen LogP contribution in [0, 0.1) is 0 Å². The molecule has 1 heterocycles. The van der Waals surface area contributed by atoms with E-state index in [9.17, 15) is 4.79 Å². The van der Waals surface area contributed by atoms with E-state index in [1.807, 2.05) is 24.1 Å². The van der Waals surface area contributed by atoms with Crippen molar-refractivity contribution in [2.45, 2.75) is 57.3 Å². The van der Waals surface area contributed by atoms with Crippen LogP contribution in [0.1, 0.15) is 44.1 Å². The maximum absolute atomic E-state index is 13.0. The van der Waals surface area contributed by atoms with Crippen LogP contribution in [-0.4, -0.2) is 77.3 Å². The monoisotopic (exact) mass is 445 g/mol. The number of hydrogen-bond donors (Lipinski definition) is 0. The van der Waals surface area contributed by atoms with Crippen molar-refractivity contribution in [1.82, 2.24) is 25.1 Å². The van der Waals surface area contributed by atoms with Gasteiger partial charge in [-0.2, -0.15) is 0 Å². The Labute approximate surface area is 190 Å². The van der Waals surface area contributed by atoms with E-state index >= 15 is 0 Å². The fraction of sp³-hybridized carbons (Fsp3) is 0.652. The average molecular weight is 446 g/mol. The Kier molecular flexibility index (Phi) is 9.58. The van der Waals surface area contributed by atoms with Crippen molar-refractivity contribution in [3.05, 3.63) is 29.8 Å². The SMILES string of the molecule is COC(CN(C(=O)CCOCCc1cccc(-c2nnnn2C)c1)C1CCCCC1)OC. The Morgan fingerprint density at radius 2 is 1.97 bits per heavy atom. The topological polar surface area (TPSA) is 91.6 Å². The van der Waals surface area contributed by atoms with E-state index in [1.165, 1.54) is 19.3 Å². The lowest BCUT2D eigenvalue weighted by atomic mass is 9.94. The van der Waals surface area contributed by atoms with Crippen LogP contribution in [0.3, 0.4) is 0 Å². The van der Waals surface area contributed by atoms with E-state index in [2.05, 4.69) is 27.7 Å². The Hall–Kier alpha value is -2.36. The van der Waals surface area contributed by atoms with Gasteiger partial charge >= 0.3 is 0 Å². The van der Waals surface area contributed by atoms with Gasteiger partial charge in [-0.3, -0.25) is 4.79 Å². The van der Waals surface area contributed by atoms with Gasteiger partial charge in [-0.25, -0.2) is 4.68 Å². The highest BCUT2D eigenvalue weighted by Crippen LogP contribution is 2.24. The van der Waals surface area contributed by atoms with E-state index < -0.39 is 6.29 Å². The molecule has 176 valence electrons. The van der Waals surface area contributed by atoms with Crippen LogP contribution in [0.15, 0.2) is 24.3 Å². The molecule has 0 unspecified atom stereocenters. The van der Waals surface area contributed by atoms with E-state index in [1.54, 1.807) is 18.9 Å². The van der Waals surface area contributed by atoms with Gasteiger partial charge in [-0.05, 0) is 41.3 Å². The van der Waals surface area contributed by atoms with Gasteiger partial charge < -0.3 is 19.1 Å². The molecule has 1 aliphatic carbocycles. The van der Waals surface area contributed by atoms with E-state index in [0.29, 0.717) is 26.2 Å². The van der Waals surface area contributed by atoms with Gasteiger partial charge in [0.2, 0.25) is 5.91 Å². The third-order valence-electron chi connectivity index (χ3n) is 6.01. The highest BCUT2D eigenvalue weighted by Gasteiger charge is 2.27. The number of carbonyl (C=O) groups excluding carboxylic acids is 1. The molecule has 9 heteroatoms. The number of nitrogens with zero attached hydrogens (tertiary/aromatic N) is 5. The standard InChI is InChI=1S/C23H35N5O4/c1-27-23(24-25-26-27)19-9-7-8-18(16-19)12-14-32-15-13-21(29)28(17-22(30-2)31-3)20-10-5-4-6-11-20/h7-9,16,20,22H,4-6,10-15,17H2,1-3H3. The van der Waals surface area contributed by atoms with Crippen molar-refractivity contribution in [3.8, 4) is 11.4 Å². The Morgan fingerprint density at radius 3 is 2.66 bits per heavy atom. The number of tetrazole rings is 1. The number of methoxy groups -OCH3 is 2. The molecule has 1 aliphatic rings. The lowest BCUT2D eigenvalue weighted by molar-refractivity contribution is -0.151. The molecule has 9 nitrogen and oxygen atoms in total. The van der Waals surface area contributed by atoms with Crippen LogP contribution in [0.5, 0.6) is 0 Å². The van der Waals surface area contributed by atoms with Gasteiger partial charge in [-0.15, -0.1) is 5.10 Å². The molecule has 3 rings (SSSR count). The van der Waals surface area contributed by atoms with Crippen LogP contribution >= 0.6 is 0 Å². The normalized spacial score (nSPS) is 14.8. The van der Waals surface area contributed by atoms with Crippen LogP contribution in [0.4, 0.5) is 0 Å². The molecule has 1 amide bonds. The number of aromatic nitrogens is 4. The molecule has 32 heavy (non-hydrogen) atoms. The molecule has 1 aromatic heterocycles. The first kappa shape index (κ1) is 24.3. The predicted octanol–water partition coefficient (Wildman–Crippen LogP) is 2.61. The first-order chi connectivity index (χ1) is 15.6. The predicted molar refractivity (Wildman–Crippen MR) is 120 cm³/mol. The summed E-state index contributed by atoms with van der Waals surface area (Å²) >= 11 is 0. The minimum absolute atomic E-state index is 0.104. The van der Waals surface area contributed by atoms with E-state index in [-0.39, 0.29) is 11.9 Å². The van der Waals surface area contributed by atoms with E-state index in [0.717, 1.165) is 36.2 Å². The summed E-state index contributed by atoms with van der Waals surface area (Å²) in [6.45, 7) is 1.41. The molecule has 0 atom stereocenters. The molecule has 0 saturated heterocycles. The van der Waals surface area contributed by atoms with Crippen molar-refractivity contribution in [3.63, 3.8) is 0 Å². The summed E-state index contributed by atoms with van der Waals surface area (Å²) in [5.74, 6) is 0.833. The van der Waals surface area contributed by atoms with Crippen LogP contribution < -0.4 is 0 Å². The lowest BCUT2D eigenvalue weighted by Gasteiger charge is -2.36. The van der Waals surface area contributed by atoms with Crippen molar-refractivity contribution in [1.29, 1.82) is 0 Å². The van der Waals surface area contributed by atoms with Crippen LogP contribution in [0.25, 0.3) is 11.4 Å². The number of carbonyl (C=O) groups is 1. The number of ether oxygens (including phenoxy) is 3. The average Bonchev–Trinajstić information content (AvgIpc) is 3.26. The van der Waals surface area contributed by atoms with Crippen molar-refractivity contribution in [2.75, 3.05) is 34.0 Å². The molecular weight excluding hydrogens is 410 g/mol. The summed E-state index contributed by atoms with van der Waals surface area (Å²) in [5.41, 5.74) is 2.11. The quantitative estimate of drug-likeness (QED) is 0.366. The maximum atomic E-state index is 13.0. The molecule has 1 aromatic carbocycles. The summed E-state index contributed by atoms with van der Waals surface area (Å²) in [5, 5.41) is 11.6. The molecule has 0 spiro atoms. The highest BCUT2D eigenvalue weighted by molar-refractivity contribution is 5.76. The summed E-state index contributed by atoms with van der Waals surface area (Å²) < 4.78 is 18.1. The fourth-order valence-electron chi connectivity index (χ4n) is 4.19. The molecule has 1 fully saturated rings. The first-order valence-electron chi connectivity index (χ1n) is 11.4. The zero-order valence-electron chi connectivity index (χ0n) is 19.4. The second-order valence-corrected chi connectivity index (χ2v) is 8.18. The van der Waals surface area contributed by atoms with Gasteiger partial charge in [0.25, 0.3) is 0 Å². The zero-order chi connectivity index (χ0) is 22.8. The third kappa shape index (κ3) is 6.82. The molecule has 0 radical (unpaired) electrons. The van der Waals surface area contributed by atoms with Crippen molar-refractivity contribution < 1.29 is 19.0 Å². The highest BCUT2D eigenvalue weighted by atomic mass is 16.7. The lowest BCUT2D eigenvalue weighted by Crippen LogP contribution is -2.46. The van der Waals surface area contributed by atoms with Gasteiger partial charge in [0.15, 0.2) is 12.1 Å². The summed E-state index contributed by atoms with van der Waals surface area (Å²) in [4.78, 5) is 14.9.